The molecule has 0 bridgehead atoms. The lowest BCUT2D eigenvalue weighted by atomic mass is 10.1. The van der Waals surface area contributed by atoms with Gasteiger partial charge in [-0.1, -0.05) is 12.1 Å². The normalized spacial score (nSPS) is 9.89. The maximum Gasteiger partial charge on any atom is 0.260 e. The molecule has 0 radical (unpaired) electrons. The van der Waals surface area contributed by atoms with Crippen molar-refractivity contribution in [3.63, 3.8) is 0 Å². The molecule has 142 valence electrons. The van der Waals surface area contributed by atoms with Gasteiger partial charge in [-0.15, -0.1) is 0 Å². The third kappa shape index (κ3) is 4.61. The number of likely N-dealkylation sites (N-methyl/N-ethyl adjacent to an activating group) is 1. The van der Waals surface area contributed by atoms with Crippen molar-refractivity contribution in [3.8, 4) is 29.1 Å². The van der Waals surface area contributed by atoms with Gasteiger partial charge in [0.1, 0.15) is 11.8 Å². The molecule has 0 N–H and O–H groups in total. The van der Waals surface area contributed by atoms with Crippen molar-refractivity contribution in [2.24, 2.45) is 0 Å². The second kappa shape index (κ2) is 9.34. The zero-order valence-electron chi connectivity index (χ0n) is 15.8. The van der Waals surface area contributed by atoms with Crippen LogP contribution in [-0.4, -0.2) is 45.8 Å². The van der Waals surface area contributed by atoms with Gasteiger partial charge < -0.3 is 23.8 Å². The highest BCUT2D eigenvalue weighted by Gasteiger charge is 2.19. The van der Waals surface area contributed by atoms with Crippen LogP contribution in [0.4, 0.5) is 0 Å². The number of ether oxygens (including phenoxy) is 4. The van der Waals surface area contributed by atoms with Gasteiger partial charge in [-0.05, 0) is 24.3 Å². The SMILES string of the molecule is COc1ccc(CN(C)C(=O)COc2ccccc2C#N)c(OC)c1OC. The third-order valence-electron chi connectivity index (χ3n) is 3.98. The first-order valence-corrected chi connectivity index (χ1v) is 8.19. The van der Waals surface area contributed by atoms with E-state index in [0.29, 0.717) is 35.1 Å². The molecule has 0 aliphatic carbocycles. The number of carbonyl (C=O) groups excluding carboxylic acids is 1. The molecular weight excluding hydrogens is 348 g/mol. The summed E-state index contributed by atoms with van der Waals surface area (Å²) < 4.78 is 21.6. The second-order valence-electron chi connectivity index (χ2n) is 5.64. The van der Waals surface area contributed by atoms with Gasteiger partial charge in [0.05, 0.1) is 26.9 Å². The fraction of sp³-hybridized carbons (Fsp3) is 0.300. The van der Waals surface area contributed by atoms with Gasteiger partial charge >= 0.3 is 0 Å². The zero-order chi connectivity index (χ0) is 19.8. The Morgan fingerprint density at radius 2 is 1.70 bits per heavy atom. The van der Waals surface area contributed by atoms with Crippen molar-refractivity contribution >= 4 is 5.91 Å². The van der Waals surface area contributed by atoms with Crippen LogP contribution in [0.3, 0.4) is 0 Å². The number of methoxy groups -OCH3 is 3. The molecule has 2 aromatic rings. The number of amides is 1. The quantitative estimate of drug-likeness (QED) is 0.711. The first-order chi connectivity index (χ1) is 13.0. The van der Waals surface area contributed by atoms with Gasteiger partial charge in [-0.2, -0.15) is 5.26 Å². The first-order valence-electron chi connectivity index (χ1n) is 8.19. The first kappa shape index (κ1) is 19.9. The molecule has 1 amide bonds. The minimum atomic E-state index is -0.236. The molecule has 0 fully saturated rings. The topological polar surface area (TPSA) is 81.0 Å². The fourth-order valence-corrected chi connectivity index (χ4v) is 2.57. The number of carbonyl (C=O) groups is 1. The molecule has 2 aromatic carbocycles. The molecule has 0 spiro atoms. The molecule has 0 aliphatic heterocycles. The van der Waals surface area contributed by atoms with E-state index in [-0.39, 0.29) is 12.5 Å². The number of para-hydroxylation sites is 1. The van der Waals surface area contributed by atoms with Crippen molar-refractivity contribution in [3.05, 3.63) is 47.5 Å². The standard InChI is InChI=1S/C20H22N2O5/c1-22(18(23)13-27-16-8-6-5-7-14(16)11-21)12-15-9-10-17(24-2)20(26-4)19(15)25-3/h5-10H,12-13H2,1-4H3. The molecule has 2 rings (SSSR count). The van der Waals surface area contributed by atoms with E-state index in [1.54, 1.807) is 44.5 Å². The van der Waals surface area contributed by atoms with E-state index < -0.39 is 0 Å². The molecule has 7 heteroatoms. The average Bonchev–Trinajstić information content (AvgIpc) is 2.71. The van der Waals surface area contributed by atoms with Crippen molar-refractivity contribution in [1.82, 2.24) is 4.90 Å². The summed E-state index contributed by atoms with van der Waals surface area (Å²) in [7, 11) is 6.27. The summed E-state index contributed by atoms with van der Waals surface area (Å²) in [6.07, 6.45) is 0. The average molecular weight is 370 g/mol. The van der Waals surface area contributed by atoms with Crippen LogP contribution in [-0.2, 0) is 11.3 Å². The third-order valence-corrected chi connectivity index (χ3v) is 3.98. The lowest BCUT2D eigenvalue weighted by molar-refractivity contribution is -0.132. The van der Waals surface area contributed by atoms with Crippen molar-refractivity contribution in [2.45, 2.75) is 6.54 Å². The summed E-state index contributed by atoms with van der Waals surface area (Å²) >= 11 is 0. The molecule has 0 aliphatic rings. The Hall–Kier alpha value is -3.40. The van der Waals surface area contributed by atoms with Crippen molar-refractivity contribution in [2.75, 3.05) is 35.0 Å². The summed E-state index contributed by atoms with van der Waals surface area (Å²) in [6.45, 7) is 0.121. The van der Waals surface area contributed by atoms with Gasteiger partial charge in [0.2, 0.25) is 5.75 Å². The van der Waals surface area contributed by atoms with Crippen LogP contribution in [0.15, 0.2) is 36.4 Å². The summed E-state index contributed by atoms with van der Waals surface area (Å²) in [4.78, 5) is 13.9. The molecule has 0 aromatic heterocycles. The predicted octanol–water partition coefficient (Wildman–Crippen LogP) is 2.62. The maximum atomic E-state index is 12.4. The molecule has 27 heavy (non-hydrogen) atoms. The van der Waals surface area contributed by atoms with Crippen molar-refractivity contribution in [1.29, 1.82) is 5.26 Å². The Morgan fingerprint density at radius 3 is 2.33 bits per heavy atom. The highest BCUT2D eigenvalue weighted by Crippen LogP contribution is 2.40. The van der Waals surface area contributed by atoms with Crippen LogP contribution in [0.2, 0.25) is 0 Å². The summed E-state index contributed by atoms with van der Waals surface area (Å²) in [5, 5.41) is 9.08. The maximum absolute atomic E-state index is 12.4. The summed E-state index contributed by atoms with van der Waals surface area (Å²) in [6, 6.07) is 12.4. The van der Waals surface area contributed by atoms with E-state index in [0.717, 1.165) is 5.56 Å². The monoisotopic (exact) mass is 370 g/mol. The van der Waals surface area contributed by atoms with Crippen LogP contribution in [0, 0.1) is 11.3 Å². The van der Waals surface area contributed by atoms with Crippen LogP contribution in [0.1, 0.15) is 11.1 Å². The van der Waals surface area contributed by atoms with Crippen molar-refractivity contribution < 1.29 is 23.7 Å². The Labute approximate surface area is 158 Å². The van der Waals surface area contributed by atoms with E-state index in [4.69, 9.17) is 24.2 Å². The van der Waals surface area contributed by atoms with E-state index >= 15 is 0 Å². The van der Waals surface area contributed by atoms with Crippen LogP contribution >= 0.6 is 0 Å². The lowest BCUT2D eigenvalue weighted by Crippen LogP contribution is -2.31. The number of hydrogen-bond donors (Lipinski definition) is 0. The number of nitrogens with zero attached hydrogens (tertiary/aromatic N) is 2. The Balaban J connectivity index is 2.09. The van der Waals surface area contributed by atoms with Gasteiger partial charge in [0.25, 0.3) is 5.91 Å². The highest BCUT2D eigenvalue weighted by molar-refractivity contribution is 5.77. The van der Waals surface area contributed by atoms with Crippen LogP contribution in [0.25, 0.3) is 0 Å². The summed E-state index contributed by atoms with van der Waals surface area (Å²) in [5.41, 5.74) is 1.15. The molecule has 0 unspecified atom stereocenters. The highest BCUT2D eigenvalue weighted by atomic mass is 16.5. The Kier molecular flexibility index (Phi) is 6.89. The minimum Gasteiger partial charge on any atom is -0.493 e. The van der Waals surface area contributed by atoms with E-state index in [1.807, 2.05) is 12.1 Å². The van der Waals surface area contributed by atoms with Gasteiger partial charge in [-0.3, -0.25) is 4.79 Å². The van der Waals surface area contributed by atoms with Crippen LogP contribution < -0.4 is 18.9 Å². The Bertz CT molecular complexity index is 845. The number of benzene rings is 2. The largest absolute Gasteiger partial charge is 0.493 e. The molecular formula is C20H22N2O5. The Morgan fingerprint density at radius 1 is 1.00 bits per heavy atom. The molecule has 0 saturated carbocycles. The van der Waals surface area contributed by atoms with Gasteiger partial charge in [0, 0.05) is 19.2 Å². The second-order valence-corrected chi connectivity index (χ2v) is 5.64. The zero-order valence-corrected chi connectivity index (χ0v) is 15.8. The number of rotatable bonds is 8. The molecule has 7 nitrogen and oxygen atoms in total. The minimum absolute atomic E-state index is 0.176. The molecule has 0 saturated heterocycles. The molecule has 0 atom stereocenters. The number of nitriles is 1. The summed E-state index contributed by atoms with van der Waals surface area (Å²) in [5.74, 6) is 1.67. The fourth-order valence-electron chi connectivity index (χ4n) is 2.57. The smallest absolute Gasteiger partial charge is 0.260 e. The van der Waals surface area contributed by atoms with Gasteiger partial charge in [-0.25, -0.2) is 0 Å². The van der Waals surface area contributed by atoms with Crippen LogP contribution in [0.5, 0.6) is 23.0 Å². The van der Waals surface area contributed by atoms with E-state index in [1.165, 1.54) is 19.1 Å². The van der Waals surface area contributed by atoms with E-state index in [9.17, 15) is 4.79 Å². The predicted molar refractivity (Wildman–Crippen MR) is 99.2 cm³/mol. The van der Waals surface area contributed by atoms with E-state index in [2.05, 4.69) is 0 Å². The van der Waals surface area contributed by atoms with Gasteiger partial charge in [0.15, 0.2) is 18.1 Å². The lowest BCUT2D eigenvalue weighted by Gasteiger charge is -2.21. The molecule has 0 heterocycles. The number of hydrogen-bond acceptors (Lipinski definition) is 6.